The van der Waals surface area contributed by atoms with Crippen molar-refractivity contribution < 1.29 is 4.74 Å². The molecular weight excluding hydrogens is 198 g/mol. The van der Waals surface area contributed by atoms with E-state index in [1.54, 1.807) is 0 Å². The Kier molecular flexibility index (Phi) is 2.83. The molecule has 1 saturated carbocycles. The first-order valence-electron chi connectivity index (χ1n) is 6.37. The molecule has 2 nitrogen and oxygen atoms in total. The van der Waals surface area contributed by atoms with Crippen molar-refractivity contribution in [2.45, 2.75) is 32.2 Å². The SMILES string of the molecule is c1cc2c(cc1OCCC1CC1)CCNC2. The van der Waals surface area contributed by atoms with Gasteiger partial charge in [0.1, 0.15) is 5.75 Å². The van der Waals surface area contributed by atoms with Crippen LogP contribution >= 0.6 is 0 Å². The van der Waals surface area contributed by atoms with E-state index >= 15 is 0 Å². The molecule has 86 valence electrons. The van der Waals surface area contributed by atoms with Crippen molar-refractivity contribution in [1.82, 2.24) is 5.32 Å². The van der Waals surface area contributed by atoms with Crippen LogP contribution in [0, 0.1) is 5.92 Å². The summed E-state index contributed by atoms with van der Waals surface area (Å²) in [6.45, 7) is 3.00. The molecule has 3 rings (SSSR count). The minimum absolute atomic E-state index is 0.891. The maximum Gasteiger partial charge on any atom is 0.119 e. The fourth-order valence-corrected chi connectivity index (χ4v) is 2.29. The normalized spacial score (nSPS) is 19.2. The molecule has 1 aromatic rings. The standard InChI is InChI=1S/C14H19NO/c1-2-11(1)6-8-16-14-4-3-13-10-15-7-5-12(13)9-14/h3-4,9,11,15H,1-2,5-8,10H2. The van der Waals surface area contributed by atoms with E-state index < -0.39 is 0 Å². The van der Waals surface area contributed by atoms with Crippen LogP contribution in [0.3, 0.4) is 0 Å². The zero-order chi connectivity index (χ0) is 10.8. The number of hydrogen-bond acceptors (Lipinski definition) is 2. The van der Waals surface area contributed by atoms with Crippen LogP contribution in [0.15, 0.2) is 18.2 Å². The summed E-state index contributed by atoms with van der Waals surface area (Å²) >= 11 is 0. The first-order chi connectivity index (χ1) is 7.92. The van der Waals surface area contributed by atoms with Crippen molar-refractivity contribution in [3.05, 3.63) is 29.3 Å². The second-order valence-corrected chi connectivity index (χ2v) is 4.94. The molecule has 0 bridgehead atoms. The highest BCUT2D eigenvalue weighted by molar-refractivity contribution is 5.37. The van der Waals surface area contributed by atoms with E-state index in [1.807, 2.05) is 0 Å². The highest BCUT2D eigenvalue weighted by Crippen LogP contribution is 2.32. The maximum atomic E-state index is 5.80. The minimum Gasteiger partial charge on any atom is -0.494 e. The van der Waals surface area contributed by atoms with Gasteiger partial charge in [-0.15, -0.1) is 0 Å². The summed E-state index contributed by atoms with van der Waals surface area (Å²) in [5.41, 5.74) is 2.89. The molecule has 1 aliphatic heterocycles. The number of hydrogen-bond donors (Lipinski definition) is 1. The van der Waals surface area contributed by atoms with Crippen molar-refractivity contribution in [1.29, 1.82) is 0 Å². The predicted octanol–water partition coefficient (Wildman–Crippen LogP) is 2.51. The second kappa shape index (κ2) is 4.46. The number of fused-ring (bicyclic) bond motifs is 1. The van der Waals surface area contributed by atoms with Gasteiger partial charge in [-0.2, -0.15) is 0 Å². The van der Waals surface area contributed by atoms with Crippen molar-refractivity contribution >= 4 is 0 Å². The predicted molar refractivity (Wildman–Crippen MR) is 64.7 cm³/mol. The molecule has 2 aliphatic rings. The molecular formula is C14H19NO. The Balaban J connectivity index is 1.60. The molecule has 0 radical (unpaired) electrons. The molecule has 0 amide bonds. The zero-order valence-corrected chi connectivity index (χ0v) is 9.67. The highest BCUT2D eigenvalue weighted by atomic mass is 16.5. The van der Waals surface area contributed by atoms with E-state index in [0.717, 1.165) is 37.8 Å². The molecule has 1 aromatic carbocycles. The van der Waals surface area contributed by atoms with Gasteiger partial charge >= 0.3 is 0 Å². The smallest absolute Gasteiger partial charge is 0.119 e. The van der Waals surface area contributed by atoms with Gasteiger partial charge in [-0.3, -0.25) is 0 Å². The molecule has 2 heteroatoms. The summed E-state index contributed by atoms with van der Waals surface area (Å²) in [4.78, 5) is 0. The monoisotopic (exact) mass is 217 g/mol. The molecule has 1 heterocycles. The van der Waals surface area contributed by atoms with Crippen molar-refractivity contribution in [2.24, 2.45) is 5.92 Å². The van der Waals surface area contributed by atoms with Crippen LogP contribution in [0.2, 0.25) is 0 Å². The van der Waals surface area contributed by atoms with Gasteiger partial charge in [0.25, 0.3) is 0 Å². The molecule has 0 unspecified atom stereocenters. The lowest BCUT2D eigenvalue weighted by atomic mass is 10.0. The van der Waals surface area contributed by atoms with Crippen LogP contribution in [-0.4, -0.2) is 13.2 Å². The minimum atomic E-state index is 0.891. The lowest BCUT2D eigenvalue weighted by Gasteiger charge is -2.18. The van der Waals surface area contributed by atoms with E-state index in [4.69, 9.17) is 4.74 Å². The summed E-state index contributed by atoms with van der Waals surface area (Å²) in [5, 5.41) is 3.39. The van der Waals surface area contributed by atoms with Gasteiger partial charge in [-0.1, -0.05) is 18.9 Å². The number of rotatable bonds is 4. The van der Waals surface area contributed by atoms with Gasteiger partial charge in [-0.25, -0.2) is 0 Å². The summed E-state index contributed by atoms with van der Waals surface area (Å²) < 4.78 is 5.80. The lowest BCUT2D eigenvalue weighted by molar-refractivity contribution is 0.302. The third-order valence-electron chi connectivity index (χ3n) is 3.56. The van der Waals surface area contributed by atoms with E-state index in [0.29, 0.717) is 0 Å². The molecule has 0 aromatic heterocycles. The van der Waals surface area contributed by atoms with Gasteiger partial charge in [-0.05, 0) is 48.6 Å². The summed E-state index contributed by atoms with van der Waals surface area (Å²) in [6.07, 6.45) is 5.20. The van der Waals surface area contributed by atoms with Crippen LogP contribution in [0.4, 0.5) is 0 Å². The number of benzene rings is 1. The Labute approximate surface area is 97.0 Å². The first kappa shape index (κ1) is 10.2. The largest absolute Gasteiger partial charge is 0.494 e. The van der Waals surface area contributed by atoms with Crippen LogP contribution in [0.25, 0.3) is 0 Å². The summed E-state index contributed by atoms with van der Waals surface area (Å²) in [7, 11) is 0. The third-order valence-corrected chi connectivity index (χ3v) is 3.56. The zero-order valence-electron chi connectivity index (χ0n) is 9.67. The Morgan fingerprint density at radius 2 is 2.19 bits per heavy atom. The molecule has 1 N–H and O–H groups in total. The summed E-state index contributed by atoms with van der Waals surface area (Å²) in [5.74, 6) is 2.02. The van der Waals surface area contributed by atoms with Gasteiger partial charge in [0.15, 0.2) is 0 Å². The molecule has 0 saturated heterocycles. The Morgan fingerprint density at radius 1 is 1.25 bits per heavy atom. The fraction of sp³-hybridized carbons (Fsp3) is 0.571. The first-order valence-corrected chi connectivity index (χ1v) is 6.37. The molecule has 0 spiro atoms. The van der Waals surface area contributed by atoms with Gasteiger partial charge < -0.3 is 10.1 Å². The van der Waals surface area contributed by atoms with Crippen LogP contribution in [0.5, 0.6) is 5.75 Å². The number of ether oxygens (including phenoxy) is 1. The molecule has 16 heavy (non-hydrogen) atoms. The van der Waals surface area contributed by atoms with Crippen molar-refractivity contribution in [2.75, 3.05) is 13.2 Å². The number of nitrogens with one attached hydrogen (secondary N) is 1. The van der Waals surface area contributed by atoms with Gasteiger partial charge in [0.2, 0.25) is 0 Å². The molecule has 0 atom stereocenters. The Bertz CT molecular complexity index is 371. The maximum absolute atomic E-state index is 5.80. The van der Waals surface area contributed by atoms with Crippen molar-refractivity contribution in [3.63, 3.8) is 0 Å². The highest BCUT2D eigenvalue weighted by Gasteiger charge is 2.20. The van der Waals surface area contributed by atoms with Gasteiger partial charge in [0, 0.05) is 6.54 Å². The second-order valence-electron chi connectivity index (χ2n) is 4.94. The Hall–Kier alpha value is -1.02. The summed E-state index contributed by atoms with van der Waals surface area (Å²) in [6, 6.07) is 6.54. The van der Waals surface area contributed by atoms with E-state index in [9.17, 15) is 0 Å². The Morgan fingerprint density at radius 3 is 3.06 bits per heavy atom. The molecule has 1 fully saturated rings. The fourth-order valence-electron chi connectivity index (χ4n) is 2.29. The van der Waals surface area contributed by atoms with E-state index in [-0.39, 0.29) is 0 Å². The quantitative estimate of drug-likeness (QED) is 0.836. The van der Waals surface area contributed by atoms with E-state index in [1.165, 1.54) is 30.4 Å². The molecule has 1 aliphatic carbocycles. The van der Waals surface area contributed by atoms with Crippen LogP contribution in [-0.2, 0) is 13.0 Å². The van der Waals surface area contributed by atoms with Crippen LogP contribution in [0.1, 0.15) is 30.4 Å². The van der Waals surface area contributed by atoms with Gasteiger partial charge in [0.05, 0.1) is 6.61 Å². The van der Waals surface area contributed by atoms with Crippen LogP contribution < -0.4 is 10.1 Å². The third kappa shape index (κ3) is 2.38. The van der Waals surface area contributed by atoms with Crippen molar-refractivity contribution in [3.8, 4) is 5.75 Å². The van der Waals surface area contributed by atoms with E-state index in [2.05, 4.69) is 23.5 Å². The lowest BCUT2D eigenvalue weighted by Crippen LogP contribution is -2.23. The average Bonchev–Trinajstić information content (AvgIpc) is 3.13. The average molecular weight is 217 g/mol. The topological polar surface area (TPSA) is 21.3 Å².